The van der Waals surface area contributed by atoms with Crippen LogP contribution in [0.2, 0.25) is 0 Å². The summed E-state index contributed by atoms with van der Waals surface area (Å²) in [6, 6.07) is 7.60. The molecule has 0 saturated heterocycles. The molecular formula is C13H12BrN3O. The number of anilines is 1. The second-order valence-corrected chi connectivity index (χ2v) is 4.82. The van der Waals surface area contributed by atoms with E-state index in [0.29, 0.717) is 18.0 Å². The maximum absolute atomic E-state index is 9.01. The Morgan fingerprint density at radius 1 is 1.44 bits per heavy atom. The van der Waals surface area contributed by atoms with Gasteiger partial charge in [-0.3, -0.25) is 0 Å². The lowest BCUT2D eigenvalue weighted by Gasteiger charge is -2.06. The van der Waals surface area contributed by atoms with Gasteiger partial charge in [-0.25, -0.2) is 4.98 Å². The molecule has 4 nitrogen and oxygen atoms in total. The number of hydrogen-bond acceptors (Lipinski definition) is 4. The molecule has 0 spiro atoms. The number of nitriles is 1. The maximum atomic E-state index is 9.01. The van der Waals surface area contributed by atoms with Gasteiger partial charge in [-0.2, -0.15) is 5.26 Å². The molecule has 0 bridgehead atoms. The minimum Gasteiger partial charge on any atom is -0.444 e. The van der Waals surface area contributed by atoms with E-state index in [-0.39, 0.29) is 0 Å². The van der Waals surface area contributed by atoms with Crippen molar-refractivity contribution in [3.05, 3.63) is 45.6 Å². The van der Waals surface area contributed by atoms with Crippen molar-refractivity contribution in [3.63, 3.8) is 0 Å². The Kier molecular flexibility index (Phi) is 3.68. The summed E-state index contributed by atoms with van der Waals surface area (Å²) < 4.78 is 6.39. The molecule has 0 aliphatic rings. The van der Waals surface area contributed by atoms with Gasteiger partial charge in [0.15, 0.2) is 0 Å². The molecule has 1 aromatic heterocycles. The van der Waals surface area contributed by atoms with Gasteiger partial charge < -0.3 is 9.73 Å². The number of oxazole rings is 1. The summed E-state index contributed by atoms with van der Waals surface area (Å²) in [6.45, 7) is 4.24. The summed E-state index contributed by atoms with van der Waals surface area (Å²) in [4.78, 5) is 4.28. The highest BCUT2D eigenvalue weighted by Crippen LogP contribution is 2.21. The SMILES string of the molecule is Cc1nc(CNc2cc(Br)ccc2C#N)oc1C. The van der Waals surface area contributed by atoms with E-state index < -0.39 is 0 Å². The number of rotatable bonds is 3. The van der Waals surface area contributed by atoms with Crippen LogP contribution in [-0.2, 0) is 6.54 Å². The van der Waals surface area contributed by atoms with Gasteiger partial charge in [-0.05, 0) is 32.0 Å². The zero-order chi connectivity index (χ0) is 13.1. The molecule has 5 heteroatoms. The van der Waals surface area contributed by atoms with Crippen LogP contribution in [0.25, 0.3) is 0 Å². The maximum Gasteiger partial charge on any atom is 0.213 e. The largest absolute Gasteiger partial charge is 0.444 e. The van der Waals surface area contributed by atoms with Crippen LogP contribution in [0, 0.1) is 25.2 Å². The first kappa shape index (κ1) is 12.7. The lowest BCUT2D eigenvalue weighted by molar-refractivity contribution is 0.478. The molecule has 0 saturated carbocycles. The fraction of sp³-hybridized carbons (Fsp3) is 0.231. The molecule has 0 aliphatic heterocycles. The third-order valence-corrected chi connectivity index (χ3v) is 3.10. The average molecular weight is 306 g/mol. The minimum atomic E-state index is 0.458. The number of nitrogens with one attached hydrogen (secondary N) is 1. The molecule has 92 valence electrons. The van der Waals surface area contributed by atoms with Gasteiger partial charge in [0, 0.05) is 4.47 Å². The van der Waals surface area contributed by atoms with Crippen LogP contribution in [0.5, 0.6) is 0 Å². The van der Waals surface area contributed by atoms with Crippen LogP contribution in [0.3, 0.4) is 0 Å². The van der Waals surface area contributed by atoms with Crippen molar-refractivity contribution in [2.75, 3.05) is 5.32 Å². The smallest absolute Gasteiger partial charge is 0.213 e. The molecule has 0 radical (unpaired) electrons. The molecule has 0 fully saturated rings. The Balaban J connectivity index is 2.15. The highest BCUT2D eigenvalue weighted by atomic mass is 79.9. The average Bonchev–Trinajstić information content (AvgIpc) is 2.66. The molecule has 0 unspecified atom stereocenters. The Labute approximate surface area is 114 Å². The first-order chi connectivity index (χ1) is 8.60. The van der Waals surface area contributed by atoms with E-state index in [1.54, 1.807) is 6.07 Å². The second-order valence-electron chi connectivity index (χ2n) is 3.90. The monoisotopic (exact) mass is 305 g/mol. The molecule has 2 aromatic rings. The quantitative estimate of drug-likeness (QED) is 0.942. The third-order valence-electron chi connectivity index (χ3n) is 2.60. The Morgan fingerprint density at radius 2 is 2.22 bits per heavy atom. The first-order valence-electron chi connectivity index (χ1n) is 5.46. The Morgan fingerprint density at radius 3 is 2.83 bits per heavy atom. The van der Waals surface area contributed by atoms with Crippen LogP contribution in [0.15, 0.2) is 27.1 Å². The van der Waals surface area contributed by atoms with Crippen molar-refractivity contribution in [1.29, 1.82) is 5.26 Å². The number of nitrogens with zero attached hydrogens (tertiary/aromatic N) is 2. The molecule has 0 amide bonds. The number of hydrogen-bond donors (Lipinski definition) is 1. The van der Waals surface area contributed by atoms with Crippen LogP contribution < -0.4 is 5.32 Å². The van der Waals surface area contributed by atoms with Gasteiger partial charge in [0.05, 0.1) is 23.5 Å². The molecular weight excluding hydrogens is 294 g/mol. The Bertz CT molecular complexity index is 594. The van der Waals surface area contributed by atoms with Gasteiger partial charge in [0.2, 0.25) is 5.89 Å². The van der Waals surface area contributed by atoms with Crippen molar-refractivity contribution in [2.24, 2.45) is 0 Å². The summed E-state index contributed by atoms with van der Waals surface area (Å²) in [5.41, 5.74) is 2.25. The highest BCUT2D eigenvalue weighted by molar-refractivity contribution is 9.10. The lowest BCUT2D eigenvalue weighted by atomic mass is 10.2. The third kappa shape index (κ3) is 2.71. The summed E-state index contributed by atoms with van der Waals surface area (Å²) in [7, 11) is 0. The van der Waals surface area contributed by atoms with Gasteiger partial charge in [-0.15, -0.1) is 0 Å². The predicted octanol–water partition coefficient (Wildman–Crippen LogP) is 3.54. The molecule has 0 atom stereocenters. The number of aromatic nitrogens is 1. The van der Waals surface area contributed by atoms with E-state index in [0.717, 1.165) is 21.6 Å². The molecule has 1 heterocycles. The summed E-state index contributed by atoms with van der Waals surface area (Å²) in [5, 5.41) is 12.2. The van der Waals surface area contributed by atoms with Crippen molar-refractivity contribution in [1.82, 2.24) is 4.98 Å². The van der Waals surface area contributed by atoms with Gasteiger partial charge >= 0.3 is 0 Å². The minimum absolute atomic E-state index is 0.458. The molecule has 1 aromatic carbocycles. The zero-order valence-electron chi connectivity index (χ0n) is 10.1. The van der Waals surface area contributed by atoms with Crippen LogP contribution in [0.4, 0.5) is 5.69 Å². The van der Waals surface area contributed by atoms with E-state index in [1.807, 2.05) is 26.0 Å². The van der Waals surface area contributed by atoms with Crippen molar-refractivity contribution in [3.8, 4) is 6.07 Å². The van der Waals surface area contributed by atoms with Crippen LogP contribution in [0.1, 0.15) is 22.9 Å². The van der Waals surface area contributed by atoms with E-state index in [4.69, 9.17) is 9.68 Å². The van der Waals surface area contributed by atoms with E-state index >= 15 is 0 Å². The summed E-state index contributed by atoms with van der Waals surface area (Å²) in [5.74, 6) is 1.44. The van der Waals surface area contributed by atoms with Crippen molar-refractivity contribution < 1.29 is 4.42 Å². The summed E-state index contributed by atoms with van der Waals surface area (Å²) >= 11 is 3.38. The predicted molar refractivity (Wildman–Crippen MR) is 72.2 cm³/mol. The molecule has 2 rings (SSSR count). The van der Waals surface area contributed by atoms with E-state index in [9.17, 15) is 0 Å². The highest BCUT2D eigenvalue weighted by Gasteiger charge is 2.07. The fourth-order valence-electron chi connectivity index (χ4n) is 1.55. The zero-order valence-corrected chi connectivity index (χ0v) is 11.7. The number of halogens is 1. The summed E-state index contributed by atoms with van der Waals surface area (Å²) in [6.07, 6.45) is 0. The number of benzene rings is 1. The van der Waals surface area contributed by atoms with E-state index in [2.05, 4.69) is 32.3 Å². The standard InChI is InChI=1S/C13H12BrN3O/c1-8-9(2)18-13(17-8)7-16-12-5-11(14)4-3-10(12)6-15/h3-5,16H,7H2,1-2H3. The van der Waals surface area contributed by atoms with Crippen LogP contribution >= 0.6 is 15.9 Å². The Hall–Kier alpha value is -1.80. The second kappa shape index (κ2) is 5.23. The fourth-order valence-corrected chi connectivity index (χ4v) is 1.91. The van der Waals surface area contributed by atoms with Crippen LogP contribution in [-0.4, -0.2) is 4.98 Å². The topological polar surface area (TPSA) is 61.9 Å². The van der Waals surface area contributed by atoms with Gasteiger partial charge in [0.25, 0.3) is 0 Å². The van der Waals surface area contributed by atoms with Gasteiger partial charge in [-0.1, -0.05) is 15.9 Å². The molecule has 1 N–H and O–H groups in total. The number of aryl methyl sites for hydroxylation is 2. The molecule has 18 heavy (non-hydrogen) atoms. The first-order valence-corrected chi connectivity index (χ1v) is 6.26. The molecule has 0 aliphatic carbocycles. The normalized spacial score (nSPS) is 10.1. The van der Waals surface area contributed by atoms with Gasteiger partial charge in [0.1, 0.15) is 11.8 Å². The van der Waals surface area contributed by atoms with E-state index in [1.165, 1.54) is 0 Å². The lowest BCUT2D eigenvalue weighted by Crippen LogP contribution is -2.01. The van der Waals surface area contributed by atoms with Crippen molar-refractivity contribution in [2.45, 2.75) is 20.4 Å². The van der Waals surface area contributed by atoms with Crippen molar-refractivity contribution >= 4 is 21.6 Å².